The summed E-state index contributed by atoms with van der Waals surface area (Å²) in [5.74, 6) is 0.827. The summed E-state index contributed by atoms with van der Waals surface area (Å²) in [6.07, 6.45) is 5.10. The Kier molecular flexibility index (Phi) is 3.26. The second-order valence-corrected chi connectivity index (χ2v) is 3.67. The van der Waals surface area contributed by atoms with Crippen molar-refractivity contribution >= 4 is 0 Å². The van der Waals surface area contributed by atoms with Gasteiger partial charge in [-0.15, -0.1) is 0 Å². The molecule has 0 saturated heterocycles. The summed E-state index contributed by atoms with van der Waals surface area (Å²) in [5, 5.41) is 7.12. The molecular formula is C11H14N4O. The minimum absolute atomic E-state index is 0.138. The smallest absolute Gasteiger partial charge is 0.150 e. The topological polar surface area (TPSA) is 63.8 Å². The van der Waals surface area contributed by atoms with Crippen LogP contribution in [-0.4, -0.2) is 15.1 Å². The molecule has 2 rings (SSSR count). The standard InChI is InChI=1S/C11H14N4O/c1-8-5-10(16-15-8)6-14-9(2)11-7-12-3-4-13-11/h3-5,7,9,14H,6H2,1-2H3. The Hall–Kier alpha value is -1.75. The molecule has 2 aromatic rings. The molecule has 2 heterocycles. The monoisotopic (exact) mass is 218 g/mol. The van der Waals surface area contributed by atoms with E-state index in [1.807, 2.05) is 19.9 Å². The summed E-state index contributed by atoms with van der Waals surface area (Å²) in [4.78, 5) is 8.25. The summed E-state index contributed by atoms with van der Waals surface area (Å²) >= 11 is 0. The molecule has 0 aliphatic heterocycles. The quantitative estimate of drug-likeness (QED) is 0.844. The van der Waals surface area contributed by atoms with Gasteiger partial charge in [0.1, 0.15) is 0 Å². The Balaban J connectivity index is 1.91. The van der Waals surface area contributed by atoms with Crippen LogP contribution in [0.2, 0.25) is 0 Å². The van der Waals surface area contributed by atoms with Crippen molar-refractivity contribution in [1.82, 2.24) is 20.4 Å². The molecule has 0 saturated carbocycles. The van der Waals surface area contributed by atoms with Gasteiger partial charge in [-0.1, -0.05) is 5.16 Å². The minimum Gasteiger partial charge on any atom is -0.360 e. The number of rotatable bonds is 4. The first-order chi connectivity index (χ1) is 7.75. The largest absolute Gasteiger partial charge is 0.360 e. The van der Waals surface area contributed by atoms with Crippen molar-refractivity contribution < 1.29 is 4.52 Å². The first-order valence-electron chi connectivity index (χ1n) is 5.17. The fraction of sp³-hybridized carbons (Fsp3) is 0.364. The van der Waals surface area contributed by atoms with E-state index in [0.29, 0.717) is 6.54 Å². The molecule has 1 unspecified atom stereocenters. The van der Waals surface area contributed by atoms with Crippen molar-refractivity contribution in [3.8, 4) is 0 Å². The van der Waals surface area contributed by atoms with Gasteiger partial charge in [-0.05, 0) is 13.8 Å². The predicted molar refractivity (Wildman–Crippen MR) is 58.5 cm³/mol. The molecule has 1 atom stereocenters. The second kappa shape index (κ2) is 4.85. The van der Waals surface area contributed by atoms with E-state index in [0.717, 1.165) is 17.1 Å². The number of aromatic nitrogens is 3. The lowest BCUT2D eigenvalue weighted by atomic mass is 10.2. The minimum atomic E-state index is 0.138. The van der Waals surface area contributed by atoms with Crippen LogP contribution in [0.3, 0.4) is 0 Å². The Morgan fingerprint density at radius 1 is 1.44 bits per heavy atom. The maximum absolute atomic E-state index is 5.10. The predicted octanol–water partition coefficient (Wildman–Crippen LogP) is 1.62. The average Bonchev–Trinajstić information content (AvgIpc) is 2.73. The molecule has 16 heavy (non-hydrogen) atoms. The first-order valence-corrected chi connectivity index (χ1v) is 5.17. The average molecular weight is 218 g/mol. The van der Waals surface area contributed by atoms with E-state index in [9.17, 15) is 0 Å². The van der Waals surface area contributed by atoms with Crippen LogP contribution in [0.4, 0.5) is 0 Å². The van der Waals surface area contributed by atoms with Crippen molar-refractivity contribution in [2.75, 3.05) is 0 Å². The number of nitrogens with zero attached hydrogens (tertiary/aromatic N) is 3. The molecule has 0 bridgehead atoms. The fourth-order valence-electron chi connectivity index (χ4n) is 1.39. The normalized spacial score (nSPS) is 12.6. The third kappa shape index (κ3) is 2.64. The molecule has 1 N–H and O–H groups in total. The SMILES string of the molecule is Cc1cc(CNC(C)c2cnccn2)on1. The molecule has 5 nitrogen and oxygen atoms in total. The van der Waals surface area contributed by atoms with E-state index < -0.39 is 0 Å². The van der Waals surface area contributed by atoms with E-state index in [-0.39, 0.29) is 6.04 Å². The van der Waals surface area contributed by atoms with Gasteiger partial charge < -0.3 is 9.84 Å². The third-order valence-electron chi connectivity index (χ3n) is 2.29. The highest BCUT2D eigenvalue weighted by molar-refractivity contribution is 5.05. The Labute approximate surface area is 93.9 Å². The Bertz CT molecular complexity index is 440. The van der Waals surface area contributed by atoms with E-state index in [1.165, 1.54) is 0 Å². The highest BCUT2D eigenvalue weighted by Gasteiger charge is 2.07. The van der Waals surface area contributed by atoms with Gasteiger partial charge in [0.2, 0.25) is 0 Å². The van der Waals surface area contributed by atoms with Crippen LogP contribution in [0.5, 0.6) is 0 Å². The fourth-order valence-corrected chi connectivity index (χ4v) is 1.39. The molecule has 5 heteroatoms. The number of nitrogens with one attached hydrogen (secondary N) is 1. The zero-order chi connectivity index (χ0) is 11.4. The van der Waals surface area contributed by atoms with E-state index in [1.54, 1.807) is 18.6 Å². The van der Waals surface area contributed by atoms with Crippen LogP contribution in [0, 0.1) is 6.92 Å². The summed E-state index contributed by atoms with van der Waals surface area (Å²) < 4.78 is 5.10. The van der Waals surface area contributed by atoms with Crippen LogP contribution in [0.1, 0.15) is 30.1 Å². The molecule has 0 amide bonds. The molecule has 84 valence electrons. The Morgan fingerprint density at radius 2 is 2.31 bits per heavy atom. The molecule has 0 aromatic carbocycles. The summed E-state index contributed by atoms with van der Waals surface area (Å²) in [6.45, 7) is 4.57. The molecule has 0 spiro atoms. The first kappa shape index (κ1) is 10.8. The van der Waals surface area contributed by atoms with Crippen molar-refractivity contribution in [1.29, 1.82) is 0 Å². The molecular weight excluding hydrogens is 204 g/mol. The molecule has 0 fully saturated rings. The zero-order valence-electron chi connectivity index (χ0n) is 9.34. The van der Waals surface area contributed by atoms with Crippen molar-refractivity contribution in [3.05, 3.63) is 41.8 Å². The van der Waals surface area contributed by atoms with Gasteiger partial charge in [0.25, 0.3) is 0 Å². The zero-order valence-corrected chi connectivity index (χ0v) is 9.34. The summed E-state index contributed by atoms with van der Waals surface area (Å²) in [7, 11) is 0. The lowest BCUT2D eigenvalue weighted by Gasteiger charge is -2.10. The van der Waals surface area contributed by atoms with Gasteiger partial charge in [-0.25, -0.2) is 0 Å². The third-order valence-corrected chi connectivity index (χ3v) is 2.29. The van der Waals surface area contributed by atoms with E-state index >= 15 is 0 Å². The highest BCUT2D eigenvalue weighted by Crippen LogP contribution is 2.09. The van der Waals surface area contributed by atoms with Crippen LogP contribution >= 0.6 is 0 Å². The number of hydrogen-bond donors (Lipinski definition) is 1. The second-order valence-electron chi connectivity index (χ2n) is 3.67. The van der Waals surface area contributed by atoms with Crippen LogP contribution in [-0.2, 0) is 6.54 Å². The Morgan fingerprint density at radius 3 is 2.94 bits per heavy atom. The number of hydrogen-bond acceptors (Lipinski definition) is 5. The maximum atomic E-state index is 5.10. The van der Waals surface area contributed by atoms with Crippen molar-refractivity contribution in [2.45, 2.75) is 26.4 Å². The van der Waals surface area contributed by atoms with Gasteiger partial charge in [-0.3, -0.25) is 9.97 Å². The van der Waals surface area contributed by atoms with Crippen LogP contribution in [0.25, 0.3) is 0 Å². The van der Waals surface area contributed by atoms with E-state index in [2.05, 4.69) is 20.4 Å². The molecule has 0 radical (unpaired) electrons. The van der Waals surface area contributed by atoms with Crippen LogP contribution < -0.4 is 5.32 Å². The molecule has 2 aromatic heterocycles. The maximum Gasteiger partial charge on any atom is 0.150 e. The van der Waals surface area contributed by atoms with Gasteiger partial charge >= 0.3 is 0 Å². The number of aryl methyl sites for hydroxylation is 1. The summed E-state index contributed by atoms with van der Waals surface area (Å²) in [5.41, 5.74) is 1.81. The molecule has 0 aliphatic carbocycles. The van der Waals surface area contributed by atoms with Gasteiger partial charge in [0, 0.05) is 30.7 Å². The van der Waals surface area contributed by atoms with Crippen LogP contribution in [0.15, 0.2) is 29.2 Å². The van der Waals surface area contributed by atoms with Crippen molar-refractivity contribution in [2.24, 2.45) is 0 Å². The summed E-state index contributed by atoms with van der Waals surface area (Å²) in [6, 6.07) is 2.05. The van der Waals surface area contributed by atoms with Gasteiger partial charge in [-0.2, -0.15) is 0 Å². The lowest BCUT2D eigenvalue weighted by Crippen LogP contribution is -2.18. The van der Waals surface area contributed by atoms with Gasteiger partial charge in [0.15, 0.2) is 5.76 Å². The van der Waals surface area contributed by atoms with Gasteiger partial charge in [0.05, 0.1) is 17.9 Å². The highest BCUT2D eigenvalue weighted by atomic mass is 16.5. The molecule has 0 aliphatic rings. The van der Waals surface area contributed by atoms with Crippen molar-refractivity contribution in [3.63, 3.8) is 0 Å². The lowest BCUT2D eigenvalue weighted by molar-refractivity contribution is 0.362. The van der Waals surface area contributed by atoms with E-state index in [4.69, 9.17) is 4.52 Å².